The van der Waals surface area contributed by atoms with Crippen molar-refractivity contribution < 1.29 is 9.13 Å². The summed E-state index contributed by atoms with van der Waals surface area (Å²) in [5, 5.41) is 0. The number of benzene rings is 1. The molecule has 0 bridgehead atoms. The number of nitrogens with one attached hydrogen (secondary N) is 1. The average Bonchev–Trinajstić information content (AvgIpc) is 2.79. The van der Waals surface area contributed by atoms with E-state index in [9.17, 15) is 4.39 Å². The number of aromatic amines is 1. The van der Waals surface area contributed by atoms with Gasteiger partial charge in [0.05, 0.1) is 5.69 Å². The molecule has 0 saturated carbocycles. The van der Waals surface area contributed by atoms with Crippen molar-refractivity contribution in [1.29, 1.82) is 0 Å². The summed E-state index contributed by atoms with van der Waals surface area (Å²) in [4.78, 5) is 3.01. The summed E-state index contributed by atoms with van der Waals surface area (Å²) in [5.41, 5.74) is 6.82. The van der Waals surface area contributed by atoms with E-state index in [1.165, 1.54) is 6.07 Å². The molecule has 0 saturated heterocycles. The third-order valence-corrected chi connectivity index (χ3v) is 2.33. The fourth-order valence-corrected chi connectivity index (χ4v) is 1.49. The average molecular weight is 220 g/mol. The second-order valence-electron chi connectivity index (χ2n) is 3.40. The number of hydrogen-bond acceptors (Lipinski definition) is 2. The maximum atomic E-state index is 13.3. The van der Waals surface area contributed by atoms with Crippen LogP contribution < -0.4 is 10.5 Å². The minimum atomic E-state index is -0.327. The van der Waals surface area contributed by atoms with Gasteiger partial charge in [-0.3, -0.25) is 0 Å². The van der Waals surface area contributed by atoms with Crippen LogP contribution in [0.1, 0.15) is 11.3 Å². The second kappa shape index (κ2) is 4.81. The topological polar surface area (TPSA) is 51.0 Å². The van der Waals surface area contributed by atoms with Crippen LogP contribution in [0, 0.1) is 5.82 Å². The van der Waals surface area contributed by atoms with Gasteiger partial charge in [0.1, 0.15) is 18.2 Å². The van der Waals surface area contributed by atoms with Gasteiger partial charge in [-0.1, -0.05) is 6.07 Å². The molecule has 0 aliphatic rings. The molecule has 0 radical (unpaired) electrons. The number of ether oxygens (including phenoxy) is 1. The summed E-state index contributed by atoms with van der Waals surface area (Å²) in [6.45, 7) is 0.510. The molecule has 84 valence electrons. The van der Waals surface area contributed by atoms with Gasteiger partial charge in [-0.25, -0.2) is 4.39 Å². The summed E-state index contributed by atoms with van der Waals surface area (Å²) >= 11 is 0. The van der Waals surface area contributed by atoms with Crippen LogP contribution in [0.5, 0.6) is 5.75 Å². The molecule has 3 N–H and O–H groups in total. The molecule has 4 heteroatoms. The summed E-state index contributed by atoms with van der Waals surface area (Å²) in [6, 6.07) is 8.49. The maximum absolute atomic E-state index is 13.3. The van der Waals surface area contributed by atoms with Gasteiger partial charge >= 0.3 is 0 Å². The van der Waals surface area contributed by atoms with Crippen LogP contribution in [-0.2, 0) is 13.2 Å². The van der Waals surface area contributed by atoms with E-state index in [0.29, 0.717) is 17.9 Å². The number of nitrogens with two attached hydrogens (primary N) is 1. The highest BCUT2D eigenvalue weighted by molar-refractivity contribution is 5.34. The van der Waals surface area contributed by atoms with Crippen molar-refractivity contribution in [1.82, 2.24) is 4.98 Å². The van der Waals surface area contributed by atoms with Crippen molar-refractivity contribution in [3.8, 4) is 5.75 Å². The van der Waals surface area contributed by atoms with E-state index in [1.807, 2.05) is 18.3 Å². The zero-order valence-corrected chi connectivity index (χ0v) is 8.74. The minimum absolute atomic E-state index is 0.132. The van der Waals surface area contributed by atoms with Gasteiger partial charge in [-0.05, 0) is 24.3 Å². The minimum Gasteiger partial charge on any atom is -0.487 e. The molecule has 2 aromatic rings. The first-order valence-electron chi connectivity index (χ1n) is 5.04. The number of halogens is 1. The molecular weight excluding hydrogens is 207 g/mol. The number of rotatable bonds is 4. The Bertz CT molecular complexity index is 454. The predicted molar refractivity (Wildman–Crippen MR) is 59.4 cm³/mol. The largest absolute Gasteiger partial charge is 0.487 e. The maximum Gasteiger partial charge on any atom is 0.131 e. The molecule has 16 heavy (non-hydrogen) atoms. The van der Waals surface area contributed by atoms with Crippen molar-refractivity contribution in [3.05, 3.63) is 53.6 Å². The third kappa shape index (κ3) is 2.23. The Labute approximate surface area is 93.0 Å². The zero-order valence-electron chi connectivity index (χ0n) is 8.74. The lowest BCUT2D eigenvalue weighted by atomic mass is 10.2. The number of hydrogen-bond donors (Lipinski definition) is 2. The van der Waals surface area contributed by atoms with Gasteiger partial charge in [0.15, 0.2) is 0 Å². The normalized spacial score (nSPS) is 10.4. The zero-order chi connectivity index (χ0) is 11.4. The van der Waals surface area contributed by atoms with Crippen molar-refractivity contribution in [2.24, 2.45) is 5.73 Å². The van der Waals surface area contributed by atoms with Gasteiger partial charge in [-0.15, -0.1) is 0 Å². The molecule has 2 rings (SSSR count). The van der Waals surface area contributed by atoms with E-state index in [-0.39, 0.29) is 12.4 Å². The second-order valence-corrected chi connectivity index (χ2v) is 3.40. The Morgan fingerprint density at radius 2 is 2.12 bits per heavy atom. The van der Waals surface area contributed by atoms with Gasteiger partial charge < -0.3 is 15.5 Å². The summed E-state index contributed by atoms with van der Waals surface area (Å²) in [7, 11) is 0. The molecule has 0 spiro atoms. The van der Waals surface area contributed by atoms with Crippen LogP contribution in [-0.4, -0.2) is 4.98 Å². The number of H-pyrrole nitrogens is 1. The van der Waals surface area contributed by atoms with Crippen LogP contribution in [0.3, 0.4) is 0 Å². The molecule has 0 aliphatic carbocycles. The summed E-state index contributed by atoms with van der Waals surface area (Å²) in [6.07, 6.45) is 1.81. The molecule has 3 nitrogen and oxygen atoms in total. The van der Waals surface area contributed by atoms with E-state index in [1.54, 1.807) is 12.1 Å². The summed E-state index contributed by atoms with van der Waals surface area (Å²) in [5.74, 6) is 0.170. The highest BCUT2D eigenvalue weighted by atomic mass is 19.1. The lowest BCUT2D eigenvalue weighted by molar-refractivity contribution is 0.296. The lowest BCUT2D eigenvalue weighted by Gasteiger charge is -2.10. The van der Waals surface area contributed by atoms with Crippen molar-refractivity contribution in [3.63, 3.8) is 0 Å². The molecule has 1 heterocycles. The molecule has 1 aromatic heterocycles. The van der Waals surface area contributed by atoms with E-state index in [2.05, 4.69) is 4.98 Å². The standard InChI is InChI=1S/C12H13FN2O/c13-11-4-1-5-12(10(11)7-14)16-8-9-3-2-6-15-9/h1-6,15H,7-8,14H2. The molecule has 0 unspecified atom stereocenters. The van der Waals surface area contributed by atoms with Crippen LogP contribution >= 0.6 is 0 Å². The van der Waals surface area contributed by atoms with E-state index in [0.717, 1.165) is 5.69 Å². The van der Waals surface area contributed by atoms with E-state index >= 15 is 0 Å². The van der Waals surface area contributed by atoms with Crippen molar-refractivity contribution in [2.45, 2.75) is 13.2 Å². The molecular formula is C12H13FN2O. The van der Waals surface area contributed by atoms with E-state index in [4.69, 9.17) is 10.5 Å². The van der Waals surface area contributed by atoms with Crippen molar-refractivity contribution >= 4 is 0 Å². The van der Waals surface area contributed by atoms with Crippen LogP contribution in [0.25, 0.3) is 0 Å². The smallest absolute Gasteiger partial charge is 0.131 e. The Morgan fingerprint density at radius 1 is 1.25 bits per heavy atom. The van der Waals surface area contributed by atoms with Gasteiger partial charge in [-0.2, -0.15) is 0 Å². The summed E-state index contributed by atoms with van der Waals surface area (Å²) < 4.78 is 18.9. The first kappa shape index (κ1) is 10.7. The monoisotopic (exact) mass is 220 g/mol. The van der Waals surface area contributed by atoms with E-state index < -0.39 is 0 Å². The fourth-order valence-electron chi connectivity index (χ4n) is 1.49. The molecule has 1 aromatic carbocycles. The van der Waals surface area contributed by atoms with Crippen LogP contribution in [0.4, 0.5) is 4.39 Å². The highest BCUT2D eigenvalue weighted by Crippen LogP contribution is 2.21. The first-order chi connectivity index (χ1) is 7.81. The van der Waals surface area contributed by atoms with Gasteiger partial charge in [0.2, 0.25) is 0 Å². The Balaban J connectivity index is 2.12. The number of aromatic nitrogens is 1. The van der Waals surface area contributed by atoms with Crippen LogP contribution in [0.15, 0.2) is 36.5 Å². The SMILES string of the molecule is NCc1c(F)cccc1OCc1ccc[nH]1. The lowest BCUT2D eigenvalue weighted by Crippen LogP contribution is -2.05. The van der Waals surface area contributed by atoms with Crippen LogP contribution in [0.2, 0.25) is 0 Å². The van der Waals surface area contributed by atoms with Gasteiger partial charge in [0.25, 0.3) is 0 Å². The fraction of sp³-hybridized carbons (Fsp3) is 0.167. The Kier molecular flexibility index (Phi) is 3.22. The molecule has 0 fully saturated rings. The highest BCUT2D eigenvalue weighted by Gasteiger charge is 2.07. The van der Waals surface area contributed by atoms with Crippen molar-refractivity contribution in [2.75, 3.05) is 0 Å². The molecule has 0 amide bonds. The third-order valence-electron chi connectivity index (χ3n) is 2.33. The molecule has 0 aliphatic heterocycles. The Morgan fingerprint density at radius 3 is 2.81 bits per heavy atom. The molecule has 0 atom stereocenters. The predicted octanol–water partition coefficient (Wildman–Crippen LogP) is 2.19. The van der Waals surface area contributed by atoms with Gasteiger partial charge in [0, 0.05) is 18.3 Å². The Hall–Kier alpha value is -1.81. The first-order valence-corrected chi connectivity index (χ1v) is 5.04. The quantitative estimate of drug-likeness (QED) is 0.829.